The van der Waals surface area contributed by atoms with Crippen LogP contribution in [0, 0.1) is 5.92 Å². The lowest BCUT2D eigenvalue weighted by Gasteiger charge is -2.44. The summed E-state index contributed by atoms with van der Waals surface area (Å²) in [6.45, 7) is 10.7. The SMILES string of the molecule is CCCCCN(C(C)C)C1CC(C)CCC1NC. The summed E-state index contributed by atoms with van der Waals surface area (Å²) < 4.78 is 0. The number of hydrogen-bond donors (Lipinski definition) is 1. The van der Waals surface area contributed by atoms with Crippen molar-refractivity contribution in [2.45, 2.75) is 84.3 Å². The van der Waals surface area contributed by atoms with Crippen LogP contribution in [0.1, 0.15) is 66.2 Å². The van der Waals surface area contributed by atoms with Crippen LogP contribution in [0.15, 0.2) is 0 Å². The fraction of sp³-hybridized carbons (Fsp3) is 1.00. The lowest BCUT2D eigenvalue weighted by atomic mass is 9.82. The minimum absolute atomic E-state index is 0.674. The van der Waals surface area contributed by atoms with Gasteiger partial charge in [0.1, 0.15) is 0 Å². The fourth-order valence-corrected chi connectivity index (χ4v) is 3.41. The third-order valence-corrected chi connectivity index (χ3v) is 4.56. The molecule has 1 N–H and O–H groups in total. The highest BCUT2D eigenvalue weighted by Crippen LogP contribution is 2.29. The van der Waals surface area contributed by atoms with Crippen molar-refractivity contribution in [1.82, 2.24) is 10.2 Å². The van der Waals surface area contributed by atoms with E-state index in [9.17, 15) is 0 Å². The summed E-state index contributed by atoms with van der Waals surface area (Å²) in [6.07, 6.45) is 8.16. The highest BCUT2D eigenvalue weighted by atomic mass is 15.2. The van der Waals surface area contributed by atoms with Crippen molar-refractivity contribution >= 4 is 0 Å². The molecule has 1 fully saturated rings. The van der Waals surface area contributed by atoms with E-state index in [2.05, 4.69) is 45.0 Å². The number of likely N-dealkylation sites (N-methyl/N-ethyl adjacent to an activating group) is 1. The second kappa shape index (κ2) is 8.16. The molecule has 0 aromatic carbocycles. The largest absolute Gasteiger partial charge is 0.315 e. The Morgan fingerprint density at radius 1 is 1.22 bits per heavy atom. The van der Waals surface area contributed by atoms with E-state index in [0.717, 1.165) is 12.0 Å². The lowest BCUT2D eigenvalue weighted by Crippen LogP contribution is -2.54. The number of nitrogens with zero attached hydrogens (tertiary/aromatic N) is 1. The molecule has 18 heavy (non-hydrogen) atoms. The molecule has 0 spiro atoms. The second-order valence-electron chi connectivity index (χ2n) is 6.42. The van der Waals surface area contributed by atoms with Crippen molar-refractivity contribution in [3.05, 3.63) is 0 Å². The summed E-state index contributed by atoms with van der Waals surface area (Å²) in [5.41, 5.74) is 0. The maximum atomic E-state index is 3.56. The molecule has 0 aliphatic heterocycles. The van der Waals surface area contributed by atoms with Crippen LogP contribution in [-0.2, 0) is 0 Å². The zero-order chi connectivity index (χ0) is 13.5. The predicted molar refractivity (Wildman–Crippen MR) is 81.0 cm³/mol. The topological polar surface area (TPSA) is 15.3 Å². The molecular formula is C16H34N2. The second-order valence-corrected chi connectivity index (χ2v) is 6.42. The Kier molecular flexibility index (Phi) is 7.25. The van der Waals surface area contributed by atoms with Gasteiger partial charge in [-0.2, -0.15) is 0 Å². The molecular weight excluding hydrogens is 220 g/mol. The van der Waals surface area contributed by atoms with Crippen LogP contribution < -0.4 is 5.32 Å². The van der Waals surface area contributed by atoms with Crippen molar-refractivity contribution < 1.29 is 0 Å². The van der Waals surface area contributed by atoms with Crippen LogP contribution in [0.2, 0.25) is 0 Å². The average molecular weight is 254 g/mol. The van der Waals surface area contributed by atoms with Crippen molar-refractivity contribution in [3.8, 4) is 0 Å². The molecule has 108 valence electrons. The van der Waals surface area contributed by atoms with Gasteiger partial charge in [-0.05, 0) is 59.0 Å². The lowest BCUT2D eigenvalue weighted by molar-refractivity contribution is 0.0756. The van der Waals surface area contributed by atoms with E-state index < -0.39 is 0 Å². The number of rotatable bonds is 7. The third-order valence-electron chi connectivity index (χ3n) is 4.56. The van der Waals surface area contributed by atoms with Gasteiger partial charge in [-0.3, -0.25) is 4.90 Å². The van der Waals surface area contributed by atoms with Gasteiger partial charge in [-0.25, -0.2) is 0 Å². The zero-order valence-electron chi connectivity index (χ0n) is 13.2. The molecule has 1 rings (SSSR count). The van der Waals surface area contributed by atoms with Crippen molar-refractivity contribution in [2.75, 3.05) is 13.6 Å². The van der Waals surface area contributed by atoms with E-state index in [1.165, 1.54) is 45.1 Å². The summed E-state index contributed by atoms with van der Waals surface area (Å²) in [5.74, 6) is 0.895. The first-order valence-corrected chi connectivity index (χ1v) is 8.03. The maximum Gasteiger partial charge on any atom is 0.0254 e. The Morgan fingerprint density at radius 3 is 2.50 bits per heavy atom. The van der Waals surface area contributed by atoms with Crippen LogP contribution in [0.25, 0.3) is 0 Å². The van der Waals surface area contributed by atoms with Gasteiger partial charge in [-0.15, -0.1) is 0 Å². The van der Waals surface area contributed by atoms with E-state index in [-0.39, 0.29) is 0 Å². The van der Waals surface area contributed by atoms with Crippen LogP contribution in [-0.4, -0.2) is 36.6 Å². The number of unbranched alkanes of at least 4 members (excludes halogenated alkanes) is 2. The Hall–Kier alpha value is -0.0800. The molecule has 0 radical (unpaired) electrons. The van der Waals surface area contributed by atoms with E-state index in [4.69, 9.17) is 0 Å². The molecule has 1 saturated carbocycles. The van der Waals surface area contributed by atoms with Crippen molar-refractivity contribution in [3.63, 3.8) is 0 Å². The molecule has 0 heterocycles. The molecule has 1 aliphatic rings. The van der Waals surface area contributed by atoms with Gasteiger partial charge in [0.2, 0.25) is 0 Å². The summed E-state index contributed by atoms with van der Waals surface area (Å²) in [6, 6.07) is 2.12. The molecule has 0 saturated heterocycles. The monoisotopic (exact) mass is 254 g/mol. The maximum absolute atomic E-state index is 3.56. The van der Waals surface area contributed by atoms with Crippen LogP contribution in [0.3, 0.4) is 0 Å². The first-order valence-electron chi connectivity index (χ1n) is 8.03. The quantitative estimate of drug-likeness (QED) is 0.698. The Balaban J connectivity index is 2.62. The van der Waals surface area contributed by atoms with Gasteiger partial charge in [0.05, 0.1) is 0 Å². The first kappa shape index (κ1) is 16.0. The molecule has 3 atom stereocenters. The van der Waals surface area contributed by atoms with Gasteiger partial charge >= 0.3 is 0 Å². The summed E-state index contributed by atoms with van der Waals surface area (Å²) in [7, 11) is 2.14. The number of hydrogen-bond acceptors (Lipinski definition) is 2. The summed E-state index contributed by atoms with van der Waals surface area (Å²) in [4.78, 5) is 2.76. The first-order chi connectivity index (χ1) is 8.60. The summed E-state index contributed by atoms with van der Waals surface area (Å²) >= 11 is 0. The normalized spacial score (nSPS) is 29.2. The van der Waals surface area contributed by atoms with Gasteiger partial charge in [-0.1, -0.05) is 26.7 Å². The van der Waals surface area contributed by atoms with Gasteiger partial charge in [0.15, 0.2) is 0 Å². The smallest absolute Gasteiger partial charge is 0.0254 e. The Bertz CT molecular complexity index is 215. The van der Waals surface area contributed by atoms with E-state index in [1.54, 1.807) is 0 Å². The third kappa shape index (κ3) is 4.55. The minimum atomic E-state index is 0.674. The molecule has 2 heteroatoms. The highest BCUT2D eigenvalue weighted by Gasteiger charge is 2.32. The molecule has 2 nitrogen and oxygen atoms in total. The van der Waals surface area contributed by atoms with Crippen LogP contribution in [0.5, 0.6) is 0 Å². The van der Waals surface area contributed by atoms with Crippen LogP contribution >= 0.6 is 0 Å². The predicted octanol–water partition coefficient (Wildman–Crippen LogP) is 3.66. The van der Waals surface area contributed by atoms with Crippen molar-refractivity contribution in [2.24, 2.45) is 5.92 Å². The van der Waals surface area contributed by atoms with Crippen LogP contribution in [0.4, 0.5) is 0 Å². The summed E-state index contributed by atoms with van der Waals surface area (Å²) in [5, 5.41) is 3.56. The molecule has 0 amide bonds. The Morgan fingerprint density at radius 2 is 1.94 bits per heavy atom. The van der Waals surface area contributed by atoms with E-state index in [0.29, 0.717) is 12.1 Å². The van der Waals surface area contributed by atoms with Crippen molar-refractivity contribution in [1.29, 1.82) is 0 Å². The average Bonchev–Trinajstić information content (AvgIpc) is 2.34. The standard InChI is InChI=1S/C16H34N2/c1-6-7-8-11-18(13(2)3)16-12-14(4)9-10-15(16)17-5/h13-17H,6-12H2,1-5H3. The van der Waals surface area contributed by atoms with E-state index in [1.807, 2.05) is 0 Å². The van der Waals surface area contributed by atoms with Gasteiger partial charge in [0.25, 0.3) is 0 Å². The van der Waals surface area contributed by atoms with Gasteiger partial charge < -0.3 is 5.32 Å². The molecule has 0 aromatic heterocycles. The zero-order valence-corrected chi connectivity index (χ0v) is 13.2. The Labute approximate surface area is 115 Å². The van der Waals surface area contributed by atoms with Gasteiger partial charge in [0, 0.05) is 18.1 Å². The number of nitrogens with one attached hydrogen (secondary N) is 1. The van der Waals surface area contributed by atoms with E-state index >= 15 is 0 Å². The molecule has 0 aromatic rings. The molecule has 1 aliphatic carbocycles. The highest BCUT2D eigenvalue weighted by molar-refractivity contribution is 4.90. The molecule has 0 bridgehead atoms. The molecule has 3 unspecified atom stereocenters. The fourth-order valence-electron chi connectivity index (χ4n) is 3.41. The minimum Gasteiger partial charge on any atom is -0.315 e.